The smallest absolute Gasteiger partial charge is 0.0638 e. The van der Waals surface area contributed by atoms with E-state index in [1.54, 1.807) is 0 Å². The Balaban J connectivity index is 2.08. The van der Waals surface area contributed by atoms with Gasteiger partial charge in [-0.25, -0.2) is 0 Å². The molecule has 0 bridgehead atoms. The second kappa shape index (κ2) is 4.21. The second-order valence-corrected chi connectivity index (χ2v) is 5.82. The van der Waals surface area contributed by atoms with Crippen LogP contribution in [0, 0.1) is 12.3 Å². The van der Waals surface area contributed by atoms with Crippen LogP contribution in [-0.2, 0) is 6.54 Å². The average Bonchev–Trinajstić information content (AvgIpc) is 2.59. The van der Waals surface area contributed by atoms with Crippen molar-refractivity contribution in [3.05, 3.63) is 17.5 Å². The summed E-state index contributed by atoms with van der Waals surface area (Å²) in [4.78, 5) is 0. The van der Waals surface area contributed by atoms with Crippen molar-refractivity contribution in [1.29, 1.82) is 0 Å². The Bertz CT molecular complexity index is 355. The van der Waals surface area contributed by atoms with Crippen LogP contribution in [0.2, 0.25) is 0 Å². The van der Waals surface area contributed by atoms with Gasteiger partial charge in [0.15, 0.2) is 0 Å². The number of rotatable bonds is 2. The zero-order valence-corrected chi connectivity index (χ0v) is 10.7. The van der Waals surface area contributed by atoms with Gasteiger partial charge in [0, 0.05) is 18.3 Å². The van der Waals surface area contributed by atoms with Crippen LogP contribution in [-0.4, -0.2) is 9.78 Å². The lowest BCUT2D eigenvalue weighted by atomic mass is 9.76. The molecule has 3 nitrogen and oxygen atoms in total. The van der Waals surface area contributed by atoms with Gasteiger partial charge in [0.1, 0.15) is 0 Å². The second-order valence-electron chi connectivity index (χ2n) is 5.82. The average molecular weight is 221 g/mol. The molecule has 0 radical (unpaired) electrons. The molecular weight excluding hydrogens is 198 g/mol. The number of aromatic nitrogens is 2. The van der Waals surface area contributed by atoms with E-state index in [4.69, 9.17) is 5.73 Å². The Morgan fingerprint density at radius 2 is 2.06 bits per heavy atom. The maximum Gasteiger partial charge on any atom is 0.0638 e. The van der Waals surface area contributed by atoms with Crippen LogP contribution in [0.25, 0.3) is 0 Å². The maximum atomic E-state index is 5.68. The van der Waals surface area contributed by atoms with Gasteiger partial charge >= 0.3 is 0 Å². The van der Waals surface area contributed by atoms with Crippen LogP contribution in [0.1, 0.15) is 56.8 Å². The monoisotopic (exact) mass is 221 g/mol. The van der Waals surface area contributed by atoms with Crippen molar-refractivity contribution < 1.29 is 0 Å². The fourth-order valence-electron chi connectivity index (χ4n) is 2.56. The first-order chi connectivity index (χ1) is 7.52. The molecule has 1 aliphatic carbocycles. The molecule has 0 atom stereocenters. The largest absolute Gasteiger partial charge is 0.326 e. The summed E-state index contributed by atoms with van der Waals surface area (Å²) in [5.41, 5.74) is 8.48. The molecule has 0 aliphatic heterocycles. The number of hydrogen-bond acceptors (Lipinski definition) is 2. The van der Waals surface area contributed by atoms with Crippen LogP contribution in [0.5, 0.6) is 0 Å². The molecule has 1 heterocycles. The van der Waals surface area contributed by atoms with Gasteiger partial charge in [0.25, 0.3) is 0 Å². The van der Waals surface area contributed by atoms with E-state index in [-0.39, 0.29) is 0 Å². The molecule has 1 aliphatic rings. The first-order valence-electron chi connectivity index (χ1n) is 6.26. The normalized spacial score (nSPS) is 21.2. The number of hydrogen-bond donors (Lipinski definition) is 1. The quantitative estimate of drug-likeness (QED) is 0.834. The minimum atomic E-state index is 0.523. The minimum absolute atomic E-state index is 0.523. The Morgan fingerprint density at radius 1 is 1.44 bits per heavy atom. The van der Waals surface area contributed by atoms with E-state index in [2.05, 4.69) is 29.8 Å². The van der Waals surface area contributed by atoms with Gasteiger partial charge in [-0.3, -0.25) is 4.68 Å². The summed E-state index contributed by atoms with van der Waals surface area (Å²) in [6.07, 6.45) is 7.23. The van der Waals surface area contributed by atoms with Gasteiger partial charge in [-0.05, 0) is 38.0 Å². The molecule has 0 unspecified atom stereocenters. The Labute approximate surface area is 98.0 Å². The highest BCUT2D eigenvalue weighted by Crippen LogP contribution is 2.39. The van der Waals surface area contributed by atoms with Crippen molar-refractivity contribution in [2.24, 2.45) is 11.1 Å². The highest BCUT2D eigenvalue weighted by Gasteiger charge is 2.28. The predicted molar refractivity (Wildman–Crippen MR) is 66.1 cm³/mol. The number of aryl methyl sites for hydroxylation is 1. The molecule has 1 fully saturated rings. The fourth-order valence-corrected chi connectivity index (χ4v) is 2.56. The van der Waals surface area contributed by atoms with Crippen molar-refractivity contribution in [2.75, 3.05) is 0 Å². The first-order valence-corrected chi connectivity index (χ1v) is 6.26. The zero-order chi connectivity index (χ0) is 11.8. The molecule has 3 heteroatoms. The van der Waals surface area contributed by atoms with Gasteiger partial charge in [-0.1, -0.05) is 13.8 Å². The molecule has 0 spiro atoms. The van der Waals surface area contributed by atoms with Gasteiger partial charge in [-0.2, -0.15) is 5.10 Å². The van der Waals surface area contributed by atoms with Crippen molar-refractivity contribution in [3.8, 4) is 0 Å². The lowest BCUT2D eigenvalue weighted by Gasteiger charge is -2.34. The third kappa shape index (κ3) is 2.29. The Hall–Kier alpha value is -0.830. The van der Waals surface area contributed by atoms with E-state index in [0.717, 1.165) is 5.69 Å². The standard InChI is InChI=1S/C13H23N3/c1-10-11(8-14)9-16(15-10)12-4-6-13(2,3)7-5-12/h9,12H,4-8,14H2,1-3H3. The van der Waals surface area contributed by atoms with Crippen molar-refractivity contribution in [1.82, 2.24) is 9.78 Å². The van der Waals surface area contributed by atoms with E-state index in [1.807, 2.05) is 6.92 Å². The Morgan fingerprint density at radius 3 is 2.56 bits per heavy atom. The summed E-state index contributed by atoms with van der Waals surface area (Å²) in [6.45, 7) is 7.38. The third-order valence-corrected chi connectivity index (χ3v) is 3.92. The minimum Gasteiger partial charge on any atom is -0.326 e. The summed E-state index contributed by atoms with van der Waals surface area (Å²) < 4.78 is 2.15. The van der Waals surface area contributed by atoms with E-state index in [1.165, 1.54) is 31.2 Å². The summed E-state index contributed by atoms with van der Waals surface area (Å²) in [7, 11) is 0. The SMILES string of the molecule is Cc1nn(C2CCC(C)(C)CC2)cc1CN. The van der Waals surface area contributed by atoms with Gasteiger partial charge in [0.2, 0.25) is 0 Å². The molecule has 16 heavy (non-hydrogen) atoms. The van der Waals surface area contributed by atoms with Crippen molar-refractivity contribution >= 4 is 0 Å². The lowest BCUT2D eigenvalue weighted by Crippen LogP contribution is -2.23. The highest BCUT2D eigenvalue weighted by molar-refractivity contribution is 5.15. The van der Waals surface area contributed by atoms with Crippen LogP contribution < -0.4 is 5.73 Å². The van der Waals surface area contributed by atoms with Crippen LogP contribution >= 0.6 is 0 Å². The molecule has 0 amide bonds. The molecule has 0 saturated heterocycles. The predicted octanol–water partition coefficient (Wildman–Crippen LogP) is 2.79. The molecule has 1 aromatic heterocycles. The van der Waals surface area contributed by atoms with Crippen molar-refractivity contribution in [3.63, 3.8) is 0 Å². The molecule has 90 valence electrons. The van der Waals surface area contributed by atoms with E-state index in [9.17, 15) is 0 Å². The summed E-state index contributed by atoms with van der Waals surface area (Å²) >= 11 is 0. The molecule has 2 N–H and O–H groups in total. The molecular formula is C13H23N3. The van der Waals surface area contributed by atoms with Gasteiger partial charge < -0.3 is 5.73 Å². The van der Waals surface area contributed by atoms with Crippen LogP contribution in [0.15, 0.2) is 6.20 Å². The van der Waals surface area contributed by atoms with Gasteiger partial charge in [-0.15, -0.1) is 0 Å². The molecule has 1 saturated carbocycles. The van der Waals surface area contributed by atoms with Crippen LogP contribution in [0.3, 0.4) is 0 Å². The van der Waals surface area contributed by atoms with E-state index >= 15 is 0 Å². The van der Waals surface area contributed by atoms with E-state index in [0.29, 0.717) is 18.0 Å². The van der Waals surface area contributed by atoms with Crippen LogP contribution in [0.4, 0.5) is 0 Å². The third-order valence-electron chi connectivity index (χ3n) is 3.92. The Kier molecular flexibility index (Phi) is 3.06. The number of nitrogens with zero attached hydrogens (tertiary/aromatic N) is 2. The maximum absolute atomic E-state index is 5.68. The summed E-state index contributed by atoms with van der Waals surface area (Å²) in [5.74, 6) is 0. The molecule has 2 rings (SSSR count). The number of nitrogens with two attached hydrogens (primary N) is 1. The summed E-state index contributed by atoms with van der Waals surface area (Å²) in [5, 5.41) is 4.59. The fraction of sp³-hybridized carbons (Fsp3) is 0.769. The first kappa shape index (κ1) is 11.6. The lowest BCUT2D eigenvalue weighted by molar-refractivity contribution is 0.186. The zero-order valence-electron chi connectivity index (χ0n) is 10.7. The van der Waals surface area contributed by atoms with Gasteiger partial charge in [0.05, 0.1) is 11.7 Å². The van der Waals surface area contributed by atoms with Crippen molar-refractivity contribution in [2.45, 2.75) is 59.0 Å². The highest BCUT2D eigenvalue weighted by atomic mass is 15.3. The summed E-state index contributed by atoms with van der Waals surface area (Å²) in [6, 6.07) is 0.590. The molecule has 1 aromatic rings. The topological polar surface area (TPSA) is 43.8 Å². The molecule has 0 aromatic carbocycles. The van der Waals surface area contributed by atoms with E-state index < -0.39 is 0 Å².